The van der Waals surface area contributed by atoms with Crippen molar-refractivity contribution >= 4 is 6.29 Å². The van der Waals surface area contributed by atoms with Gasteiger partial charge in [-0.15, -0.1) is 0 Å². The van der Waals surface area contributed by atoms with Gasteiger partial charge in [-0.3, -0.25) is 6.29 Å². The van der Waals surface area contributed by atoms with Crippen LogP contribution in [0, 0.1) is 7.43 Å². The molecular weight excluding hydrogens is 177 g/mol. The maximum atomic E-state index is 9.44. The van der Waals surface area contributed by atoms with Crippen LogP contribution in [0.2, 0.25) is 0 Å². The molecule has 0 aromatic rings. The first-order chi connectivity index (χ1) is 2.91. The zero-order chi connectivity index (χ0) is 4.83. The molecule has 0 bridgehead atoms. The fourth-order valence-corrected chi connectivity index (χ4v) is 0.249. The van der Waals surface area contributed by atoms with E-state index in [1.54, 1.807) is 0 Å². The Hall–Kier alpha value is 0.774. The smallest absolute Gasteiger partial charge is 0 e. The normalized spacial score (nSPS) is 6.12. The van der Waals surface area contributed by atoms with E-state index in [1.165, 1.54) is 0 Å². The molecule has 0 aliphatic heterocycles. The van der Waals surface area contributed by atoms with Crippen molar-refractivity contribution in [3.8, 4) is 0 Å². The Bertz CT molecular complexity index is 37.5. The van der Waals surface area contributed by atoms with Crippen LogP contribution in [0.15, 0.2) is 0 Å². The molecule has 0 atom stereocenters. The van der Waals surface area contributed by atoms with Gasteiger partial charge in [0.05, 0.1) is 0 Å². The minimum absolute atomic E-state index is 0. The Morgan fingerprint density at radius 1 is 1.50 bits per heavy atom. The largest absolute Gasteiger partial charge is 0.542 e. The first-order valence-electron chi connectivity index (χ1n) is 2.26. The summed E-state index contributed by atoms with van der Waals surface area (Å²) < 4.78 is 0. The Kier molecular flexibility index (Phi) is 31.1. The van der Waals surface area contributed by atoms with Crippen LogP contribution in [0.5, 0.6) is 0 Å². The SMILES string of the molecule is CCCC[C-]=O.[CH3-].[Y]. The summed E-state index contributed by atoms with van der Waals surface area (Å²) in [5.41, 5.74) is 0. The van der Waals surface area contributed by atoms with Gasteiger partial charge in [0.15, 0.2) is 0 Å². The molecule has 0 unspecified atom stereocenters. The minimum Gasteiger partial charge on any atom is -0.542 e. The molecular formula is C6H12OY-2. The second-order valence-electron chi connectivity index (χ2n) is 1.25. The quantitative estimate of drug-likeness (QED) is 0.488. The van der Waals surface area contributed by atoms with Crippen LogP contribution >= 0.6 is 0 Å². The van der Waals surface area contributed by atoms with Gasteiger partial charge in [-0.2, -0.15) is 6.42 Å². The summed E-state index contributed by atoms with van der Waals surface area (Å²) in [6.45, 7) is 2.05. The van der Waals surface area contributed by atoms with Gasteiger partial charge < -0.3 is 12.2 Å². The van der Waals surface area contributed by atoms with Crippen LogP contribution in [0.25, 0.3) is 0 Å². The average Bonchev–Trinajstić information content (AvgIpc) is 1.61. The molecule has 0 amide bonds. The van der Waals surface area contributed by atoms with Crippen LogP contribution in [-0.2, 0) is 37.5 Å². The van der Waals surface area contributed by atoms with Crippen molar-refractivity contribution in [3.05, 3.63) is 7.43 Å². The van der Waals surface area contributed by atoms with Gasteiger partial charge in [0, 0.05) is 32.7 Å². The molecule has 0 saturated carbocycles. The Morgan fingerprint density at radius 2 is 2.00 bits per heavy atom. The molecule has 0 aliphatic rings. The molecule has 0 aromatic heterocycles. The Morgan fingerprint density at radius 3 is 2.12 bits per heavy atom. The van der Waals surface area contributed by atoms with Crippen molar-refractivity contribution in [2.75, 3.05) is 0 Å². The standard InChI is InChI=1S/C5H9O.CH3.Y/c1-2-3-4-5-6;;/h2-4H2,1H3;1H3;/q2*-1;. The molecule has 0 spiro atoms. The number of rotatable bonds is 3. The van der Waals surface area contributed by atoms with Gasteiger partial charge in [-0.25, -0.2) is 0 Å². The monoisotopic (exact) mass is 189 g/mol. The molecule has 1 nitrogen and oxygen atoms in total. The maximum absolute atomic E-state index is 9.44. The van der Waals surface area contributed by atoms with E-state index in [1.807, 2.05) is 6.29 Å². The molecule has 1 radical (unpaired) electrons. The van der Waals surface area contributed by atoms with Crippen molar-refractivity contribution < 1.29 is 37.5 Å². The van der Waals surface area contributed by atoms with Crippen LogP contribution in [-0.4, -0.2) is 6.29 Å². The summed E-state index contributed by atoms with van der Waals surface area (Å²) in [5, 5.41) is 0. The molecule has 0 N–H and O–H groups in total. The Labute approximate surface area is 77.1 Å². The predicted octanol–water partition coefficient (Wildman–Crippen LogP) is 1.73. The molecule has 0 rings (SSSR count). The zero-order valence-corrected chi connectivity index (χ0v) is 8.45. The van der Waals surface area contributed by atoms with E-state index >= 15 is 0 Å². The number of unbranched alkanes of at least 4 members (excludes halogenated alkanes) is 2. The topological polar surface area (TPSA) is 17.1 Å². The van der Waals surface area contributed by atoms with E-state index in [0.717, 1.165) is 12.8 Å². The third kappa shape index (κ3) is 15.9. The van der Waals surface area contributed by atoms with Gasteiger partial charge >= 0.3 is 0 Å². The molecule has 8 heavy (non-hydrogen) atoms. The number of hydrogen-bond acceptors (Lipinski definition) is 1. The fourth-order valence-electron chi connectivity index (χ4n) is 0.249. The number of hydrogen-bond donors (Lipinski definition) is 0. The maximum Gasteiger partial charge on any atom is 0 e. The molecule has 0 saturated heterocycles. The minimum atomic E-state index is 0. The second-order valence-corrected chi connectivity index (χ2v) is 1.25. The second kappa shape index (κ2) is 15.7. The average molecular weight is 189 g/mol. The summed E-state index contributed by atoms with van der Waals surface area (Å²) in [6, 6.07) is 0. The van der Waals surface area contributed by atoms with Crippen LogP contribution in [0.1, 0.15) is 26.2 Å². The summed E-state index contributed by atoms with van der Waals surface area (Å²) >= 11 is 0. The van der Waals surface area contributed by atoms with Crippen molar-refractivity contribution in [2.45, 2.75) is 26.2 Å². The zero-order valence-electron chi connectivity index (χ0n) is 5.61. The van der Waals surface area contributed by atoms with Crippen LogP contribution < -0.4 is 0 Å². The summed E-state index contributed by atoms with van der Waals surface area (Å²) in [5.74, 6) is 0. The van der Waals surface area contributed by atoms with Crippen molar-refractivity contribution in [1.29, 1.82) is 0 Å². The number of carbonyl (C=O) groups excluding carboxylic acids is 1. The summed E-state index contributed by atoms with van der Waals surface area (Å²) in [7, 11) is 0. The molecule has 0 aliphatic carbocycles. The van der Waals surface area contributed by atoms with E-state index in [4.69, 9.17) is 0 Å². The van der Waals surface area contributed by atoms with Crippen LogP contribution in [0.3, 0.4) is 0 Å². The van der Waals surface area contributed by atoms with Crippen molar-refractivity contribution in [2.24, 2.45) is 0 Å². The summed E-state index contributed by atoms with van der Waals surface area (Å²) in [6.07, 6.45) is 4.51. The molecule has 2 heteroatoms. The third-order valence-electron chi connectivity index (χ3n) is 0.632. The van der Waals surface area contributed by atoms with E-state index in [-0.39, 0.29) is 40.1 Å². The van der Waals surface area contributed by atoms with Crippen molar-refractivity contribution in [1.82, 2.24) is 0 Å². The first kappa shape index (κ1) is 15.9. The Balaban J connectivity index is -0.000000125. The third-order valence-corrected chi connectivity index (χ3v) is 0.632. The fraction of sp³-hybridized carbons (Fsp3) is 0.667. The van der Waals surface area contributed by atoms with Crippen molar-refractivity contribution in [3.63, 3.8) is 0 Å². The van der Waals surface area contributed by atoms with E-state index in [9.17, 15) is 4.79 Å². The summed E-state index contributed by atoms with van der Waals surface area (Å²) in [4.78, 5) is 9.44. The van der Waals surface area contributed by atoms with Crippen LogP contribution in [0.4, 0.5) is 0 Å². The van der Waals surface area contributed by atoms with Gasteiger partial charge in [0.1, 0.15) is 0 Å². The molecule has 0 heterocycles. The van der Waals surface area contributed by atoms with Gasteiger partial charge in [0.25, 0.3) is 0 Å². The van der Waals surface area contributed by atoms with Gasteiger partial charge in [-0.1, -0.05) is 19.8 Å². The van der Waals surface area contributed by atoms with Gasteiger partial charge in [0.2, 0.25) is 0 Å². The van der Waals surface area contributed by atoms with E-state index in [2.05, 4.69) is 6.92 Å². The molecule has 47 valence electrons. The first-order valence-corrected chi connectivity index (χ1v) is 2.26. The molecule has 0 fully saturated rings. The van der Waals surface area contributed by atoms with E-state index in [0.29, 0.717) is 6.42 Å². The van der Waals surface area contributed by atoms with E-state index < -0.39 is 0 Å². The van der Waals surface area contributed by atoms with Gasteiger partial charge in [-0.05, 0) is 0 Å². The predicted molar refractivity (Wildman–Crippen MR) is 31.6 cm³/mol. The molecule has 0 aromatic carbocycles.